The normalized spacial score (nSPS) is 16.4. The summed E-state index contributed by atoms with van der Waals surface area (Å²) in [7, 11) is 1.31. The number of carboxylic acid groups (broad SMARTS) is 2. The maximum atomic E-state index is 14.7. The molecule has 1 aliphatic carbocycles. The zero-order valence-electron chi connectivity index (χ0n) is 49.4. The zero-order chi connectivity index (χ0) is 63.5. The third-order valence-electron chi connectivity index (χ3n) is 14.2. The number of aliphatic carboxylic acids is 2. The highest BCUT2D eigenvalue weighted by Gasteiger charge is 2.39. The molecule has 0 saturated heterocycles. The van der Waals surface area contributed by atoms with Crippen molar-refractivity contribution in [3.05, 3.63) is 18.2 Å². The number of hydrogen-bond donors (Lipinski definition) is 15. The summed E-state index contributed by atoms with van der Waals surface area (Å²) in [6.45, 7) is 11.9. The number of carbonyl (C=O) groups excluding carboxylic acids is 11. The van der Waals surface area contributed by atoms with Gasteiger partial charge in [0, 0.05) is 44.5 Å². The second kappa shape index (κ2) is 36.4. The molecule has 29 nitrogen and oxygen atoms in total. The number of nitrogens with one attached hydrogen (secondary N) is 10. The Labute approximate surface area is 494 Å². The van der Waals surface area contributed by atoms with Crippen molar-refractivity contribution < 1.29 is 77.6 Å². The average Bonchev–Trinajstić information content (AvgIpc) is 4.00. The highest BCUT2D eigenvalue weighted by molar-refractivity contribution is 7.80. The van der Waals surface area contributed by atoms with Crippen LogP contribution < -0.4 is 53.6 Å². The van der Waals surface area contributed by atoms with Crippen LogP contribution in [0.2, 0.25) is 0 Å². The molecule has 1 aromatic heterocycles. The number of nitrogens with zero attached hydrogens (tertiary/aromatic N) is 2. The first-order chi connectivity index (χ1) is 39.4. The summed E-state index contributed by atoms with van der Waals surface area (Å²) >= 11 is 4.36. The predicted molar refractivity (Wildman–Crippen MR) is 306 cm³/mol. The molecule has 1 aromatic rings. The lowest BCUT2D eigenvalue weighted by atomic mass is 9.84. The second-order valence-corrected chi connectivity index (χ2v) is 22.6. The average molecular weight is 1210 g/mol. The fraction of sp³-hybridized carbons (Fsp3) is 0.704. The van der Waals surface area contributed by atoms with Crippen LogP contribution in [0.5, 0.6) is 0 Å². The van der Waals surface area contributed by atoms with Crippen LogP contribution >= 0.6 is 12.6 Å². The van der Waals surface area contributed by atoms with E-state index in [4.69, 9.17) is 5.73 Å². The fourth-order valence-corrected chi connectivity index (χ4v) is 9.75. The lowest BCUT2D eigenvalue weighted by molar-refractivity contribution is -0.143. The summed E-state index contributed by atoms with van der Waals surface area (Å²) in [5.74, 6) is -13.6. The molecule has 11 atom stereocenters. The molecule has 472 valence electrons. The van der Waals surface area contributed by atoms with Gasteiger partial charge in [-0.05, 0) is 56.3 Å². The largest absolute Gasteiger partial charge is 0.481 e. The first-order valence-corrected chi connectivity index (χ1v) is 28.9. The predicted octanol–water partition coefficient (Wildman–Crippen LogP) is -1.96. The number of likely N-dealkylation sites (N-methyl/N-ethyl adjacent to an activating group) is 1. The van der Waals surface area contributed by atoms with Crippen LogP contribution in [0, 0.1) is 23.7 Å². The van der Waals surface area contributed by atoms with Crippen molar-refractivity contribution in [2.24, 2.45) is 29.4 Å². The minimum atomic E-state index is -1.65. The van der Waals surface area contributed by atoms with Crippen LogP contribution in [-0.2, 0) is 68.7 Å². The number of rotatable bonds is 37. The van der Waals surface area contributed by atoms with E-state index in [1.54, 1.807) is 27.7 Å². The lowest BCUT2D eigenvalue weighted by Crippen LogP contribution is -2.62. The van der Waals surface area contributed by atoms with E-state index in [1.165, 1.54) is 26.5 Å². The van der Waals surface area contributed by atoms with Crippen LogP contribution in [0.1, 0.15) is 138 Å². The van der Waals surface area contributed by atoms with Gasteiger partial charge in [-0.25, -0.2) is 4.98 Å². The minimum absolute atomic E-state index is 0.0222. The number of hydrogen-bond acceptors (Lipinski definition) is 16. The summed E-state index contributed by atoms with van der Waals surface area (Å²) in [5, 5.41) is 51.5. The first-order valence-electron chi connectivity index (χ1n) is 28.3. The molecule has 84 heavy (non-hydrogen) atoms. The summed E-state index contributed by atoms with van der Waals surface area (Å²) in [6, 6.07) is -14.1. The molecular weight excluding hydrogens is 1120 g/mol. The summed E-state index contributed by atoms with van der Waals surface area (Å²) < 4.78 is 0. The number of carbonyl (C=O) groups is 13. The molecule has 1 fully saturated rings. The molecule has 1 aliphatic rings. The third-order valence-corrected chi connectivity index (χ3v) is 14.6. The summed E-state index contributed by atoms with van der Waals surface area (Å²) in [6.07, 6.45) is 5.40. The van der Waals surface area contributed by atoms with Gasteiger partial charge in [-0.15, -0.1) is 0 Å². The number of aliphatic hydroxyl groups is 1. The van der Waals surface area contributed by atoms with Crippen molar-refractivity contribution in [1.82, 2.24) is 62.7 Å². The van der Waals surface area contributed by atoms with Gasteiger partial charge in [0.2, 0.25) is 65.0 Å². The van der Waals surface area contributed by atoms with E-state index in [1.807, 2.05) is 13.8 Å². The van der Waals surface area contributed by atoms with Crippen molar-refractivity contribution >= 4 is 89.5 Å². The molecule has 0 unspecified atom stereocenters. The van der Waals surface area contributed by atoms with Crippen molar-refractivity contribution in [2.45, 2.75) is 199 Å². The number of nitrogens with two attached hydrogens (primary N) is 1. The number of thiol groups is 1. The van der Waals surface area contributed by atoms with Crippen molar-refractivity contribution in [3.8, 4) is 0 Å². The van der Waals surface area contributed by atoms with Crippen molar-refractivity contribution in [3.63, 3.8) is 0 Å². The van der Waals surface area contributed by atoms with Gasteiger partial charge in [-0.2, -0.15) is 12.6 Å². The van der Waals surface area contributed by atoms with E-state index in [0.29, 0.717) is 12.1 Å². The zero-order valence-corrected chi connectivity index (χ0v) is 50.3. The SMILES string of the molecule is CC[C@H](C)[C@H](NC(=O)[C@H](CC(C)C)NC(=O)[C@@H](CCC(=O)O)NC(=O)[C@H](CC(=O)O)NC(C)=O)C(=O)N[C@@H](CC1CCCCC1)C(=O)N(C)[C@@H](CS)C(=O)N[C@@H](C)C(=O)N[C@@H](CO)C(=O)N[C@@H](Cc1cnc[nH]1)C(=O)N[C@@H](CC(C)C)C(N)=O. The van der Waals surface area contributed by atoms with Gasteiger partial charge in [0.1, 0.15) is 60.4 Å². The third kappa shape index (κ3) is 25.2. The quantitative estimate of drug-likeness (QED) is 0.0322. The molecule has 15 N–H and O–H groups in total. The molecule has 0 aromatic carbocycles. The van der Waals surface area contributed by atoms with Gasteiger partial charge >= 0.3 is 11.9 Å². The van der Waals surface area contributed by atoms with E-state index in [0.717, 1.165) is 43.9 Å². The monoisotopic (exact) mass is 1210 g/mol. The molecule has 0 radical (unpaired) electrons. The van der Waals surface area contributed by atoms with Gasteiger partial charge < -0.3 is 78.8 Å². The van der Waals surface area contributed by atoms with Gasteiger partial charge in [0.25, 0.3) is 0 Å². The molecule has 2 rings (SSSR count). The number of aromatic amines is 1. The minimum Gasteiger partial charge on any atom is -0.481 e. The maximum absolute atomic E-state index is 14.7. The number of H-pyrrole nitrogens is 1. The molecule has 1 heterocycles. The van der Waals surface area contributed by atoms with Gasteiger partial charge in [0.15, 0.2) is 0 Å². The Morgan fingerprint density at radius 3 is 1.70 bits per heavy atom. The van der Waals surface area contributed by atoms with E-state index in [9.17, 15) is 77.6 Å². The van der Waals surface area contributed by atoms with Crippen LogP contribution in [-0.4, -0.2) is 187 Å². The number of primary amides is 1. The number of aliphatic hydroxyl groups excluding tert-OH is 1. The highest BCUT2D eigenvalue weighted by atomic mass is 32.1. The van der Waals surface area contributed by atoms with E-state index in [2.05, 4.69) is 70.4 Å². The Morgan fingerprint density at radius 1 is 0.655 bits per heavy atom. The Balaban J connectivity index is 2.37. The Kier molecular flexibility index (Phi) is 31.5. The second-order valence-electron chi connectivity index (χ2n) is 22.3. The molecular formula is C54H89N13O16S. The van der Waals surface area contributed by atoms with Crippen LogP contribution in [0.15, 0.2) is 12.5 Å². The maximum Gasteiger partial charge on any atom is 0.305 e. The molecule has 0 aliphatic heterocycles. The number of carboxylic acids is 2. The van der Waals surface area contributed by atoms with Gasteiger partial charge in [-0.1, -0.05) is 80.1 Å². The number of imidazole rings is 1. The standard InChI is InChI=1S/C54H89N13O16S/c1-10-29(6)44(66-50(79)36(19-28(4)5)62-47(76)34(16-17-42(70)71)60-49(78)38(22-43(72)73)59-31(8)69)53(82)64-39(20-32-14-12-11-13-15-32)54(83)67(9)41(25-84)52(81)58-30(7)46(75)65-40(24-68)51(80)63-37(21-33-23-56-26-57-33)48(77)61-35(45(55)74)18-27(2)3/h23,26-30,32,34-41,44,68,84H,10-22,24-25H2,1-9H3,(H2,55,74)(H,56,57)(H,58,81)(H,59,69)(H,60,78)(H,61,77)(H,62,76)(H,63,80)(H,64,82)(H,65,75)(H,66,79)(H,70,71)(H,72,73)/t29-,30-,34+,35-,36-,37-,38-,39-,40-,41-,44-/m0/s1. The molecule has 30 heteroatoms. The van der Waals surface area contributed by atoms with E-state index < -0.39 is 169 Å². The molecule has 0 spiro atoms. The fourth-order valence-electron chi connectivity index (χ4n) is 9.34. The smallest absolute Gasteiger partial charge is 0.305 e. The summed E-state index contributed by atoms with van der Waals surface area (Å²) in [5.41, 5.74) is 5.95. The number of aromatic nitrogens is 2. The van der Waals surface area contributed by atoms with Crippen LogP contribution in [0.25, 0.3) is 0 Å². The Hall–Kier alpha value is -7.37. The number of amides is 11. The van der Waals surface area contributed by atoms with E-state index >= 15 is 0 Å². The first kappa shape index (κ1) is 72.7. The van der Waals surface area contributed by atoms with Crippen LogP contribution in [0.3, 0.4) is 0 Å². The lowest BCUT2D eigenvalue weighted by Gasteiger charge is -2.34. The van der Waals surface area contributed by atoms with Gasteiger partial charge in [0.05, 0.1) is 19.4 Å². The summed E-state index contributed by atoms with van der Waals surface area (Å²) in [4.78, 5) is 180. The van der Waals surface area contributed by atoms with Crippen molar-refractivity contribution in [1.29, 1.82) is 0 Å². The molecule has 0 bridgehead atoms. The van der Waals surface area contributed by atoms with E-state index in [-0.39, 0.29) is 49.2 Å². The topological polar surface area (TPSA) is 449 Å². The molecule has 11 amide bonds. The van der Waals surface area contributed by atoms with Gasteiger partial charge in [-0.3, -0.25) is 62.3 Å². The molecule has 1 saturated carbocycles. The van der Waals surface area contributed by atoms with Crippen LogP contribution in [0.4, 0.5) is 0 Å². The highest BCUT2D eigenvalue weighted by Crippen LogP contribution is 2.28. The van der Waals surface area contributed by atoms with Crippen molar-refractivity contribution in [2.75, 3.05) is 19.4 Å². The Bertz CT molecular complexity index is 2410. The Morgan fingerprint density at radius 2 is 1.18 bits per heavy atom.